The smallest absolute Gasteiger partial charge is 0.197 e. The summed E-state index contributed by atoms with van der Waals surface area (Å²) < 4.78 is 23.7. The maximum absolute atomic E-state index is 10.1. The third-order valence-corrected chi connectivity index (χ3v) is 7.01. The number of hydrogen-bond acceptors (Lipinski definition) is 9. The second-order valence-corrected chi connectivity index (χ2v) is 9.79. The molecule has 3 aromatic carbocycles. The molecule has 5 aromatic rings. The van der Waals surface area contributed by atoms with Crippen LogP contribution in [0.2, 0.25) is 0 Å². The molecule has 2 aromatic heterocycles. The van der Waals surface area contributed by atoms with E-state index in [4.69, 9.17) is 23.9 Å². The number of ether oxygens (including phenoxy) is 4. The number of rotatable bonds is 14. The highest BCUT2D eigenvalue weighted by molar-refractivity contribution is 5.64. The quantitative estimate of drug-likeness (QED) is 0.207. The SMILES string of the molecule is COc1ccc(COC(CO)Cc2cnc3c(N(Cc4ccc(OC)cc4)Cc4ccc(OC)cc4)ncnn23)cc1. The summed E-state index contributed by atoms with van der Waals surface area (Å²) in [6.45, 7) is 1.41. The molecular formula is C32H35N5O5. The first kappa shape index (κ1) is 28.8. The molecule has 0 aliphatic carbocycles. The van der Waals surface area contributed by atoms with Crippen LogP contribution in [0.3, 0.4) is 0 Å². The Hall–Kier alpha value is -4.67. The van der Waals surface area contributed by atoms with Crippen LogP contribution in [-0.2, 0) is 30.9 Å². The average molecular weight is 570 g/mol. The lowest BCUT2D eigenvalue weighted by atomic mass is 10.1. The lowest BCUT2D eigenvalue weighted by Crippen LogP contribution is -2.25. The van der Waals surface area contributed by atoms with Gasteiger partial charge in [0.1, 0.15) is 23.6 Å². The molecule has 42 heavy (non-hydrogen) atoms. The van der Waals surface area contributed by atoms with E-state index >= 15 is 0 Å². The van der Waals surface area contributed by atoms with E-state index in [1.165, 1.54) is 6.33 Å². The number of nitrogens with zero attached hydrogens (tertiary/aromatic N) is 5. The van der Waals surface area contributed by atoms with Gasteiger partial charge in [-0.25, -0.2) is 14.5 Å². The van der Waals surface area contributed by atoms with Crippen molar-refractivity contribution in [3.05, 3.63) is 108 Å². The fraction of sp³-hybridized carbons (Fsp3) is 0.281. The summed E-state index contributed by atoms with van der Waals surface area (Å²) >= 11 is 0. The van der Waals surface area contributed by atoms with Crippen molar-refractivity contribution in [3.63, 3.8) is 0 Å². The summed E-state index contributed by atoms with van der Waals surface area (Å²) in [6.07, 6.45) is 3.31. The number of aliphatic hydroxyl groups is 1. The third kappa shape index (κ3) is 6.96. The lowest BCUT2D eigenvalue weighted by Gasteiger charge is -2.24. The van der Waals surface area contributed by atoms with Crippen LogP contribution >= 0.6 is 0 Å². The molecule has 1 unspecified atom stereocenters. The van der Waals surface area contributed by atoms with Gasteiger partial charge in [-0.05, 0) is 53.1 Å². The van der Waals surface area contributed by atoms with Gasteiger partial charge >= 0.3 is 0 Å². The minimum absolute atomic E-state index is 0.137. The number of anilines is 1. The molecule has 218 valence electrons. The van der Waals surface area contributed by atoms with Crippen molar-refractivity contribution in [2.24, 2.45) is 0 Å². The number of aliphatic hydroxyl groups excluding tert-OH is 1. The Bertz CT molecular complexity index is 1510. The van der Waals surface area contributed by atoms with Crippen molar-refractivity contribution in [1.29, 1.82) is 0 Å². The van der Waals surface area contributed by atoms with Crippen molar-refractivity contribution >= 4 is 11.5 Å². The van der Waals surface area contributed by atoms with Gasteiger partial charge < -0.3 is 29.0 Å². The molecule has 0 fully saturated rings. The second kappa shape index (κ2) is 13.8. The molecule has 0 aliphatic heterocycles. The number of fused-ring (bicyclic) bond motifs is 1. The molecule has 1 atom stereocenters. The first-order chi connectivity index (χ1) is 20.6. The maximum atomic E-state index is 10.1. The molecule has 1 N–H and O–H groups in total. The topological polar surface area (TPSA) is 103 Å². The van der Waals surface area contributed by atoms with E-state index < -0.39 is 6.10 Å². The van der Waals surface area contributed by atoms with E-state index in [1.54, 1.807) is 32.0 Å². The van der Waals surface area contributed by atoms with Gasteiger partial charge in [0.15, 0.2) is 11.5 Å². The first-order valence-electron chi connectivity index (χ1n) is 13.6. The van der Waals surface area contributed by atoms with Crippen molar-refractivity contribution in [3.8, 4) is 17.2 Å². The highest BCUT2D eigenvalue weighted by atomic mass is 16.5. The van der Waals surface area contributed by atoms with Crippen molar-refractivity contribution < 1.29 is 24.1 Å². The summed E-state index contributed by atoms with van der Waals surface area (Å²) in [6, 6.07) is 23.6. The van der Waals surface area contributed by atoms with Crippen LogP contribution in [0.1, 0.15) is 22.4 Å². The molecule has 2 heterocycles. The van der Waals surface area contributed by atoms with Crippen molar-refractivity contribution in [1.82, 2.24) is 19.6 Å². The predicted octanol–water partition coefficient (Wildman–Crippen LogP) is 4.48. The lowest BCUT2D eigenvalue weighted by molar-refractivity contribution is 0.00241. The zero-order valence-electron chi connectivity index (χ0n) is 24.0. The molecule has 0 saturated carbocycles. The standard InChI is InChI=1S/C32H35N5O5/c1-39-27-10-4-23(5-11-27)18-36(19-24-6-12-28(40-2)13-7-24)31-32-33-17-26(37(32)35-22-34-31)16-30(20-38)42-21-25-8-14-29(41-3)15-9-25/h4-15,17,22,30,38H,16,18-21H2,1-3H3. The molecule has 10 heteroatoms. The zero-order chi connectivity index (χ0) is 29.3. The number of imidazole rings is 1. The van der Waals surface area contributed by atoms with Crippen LogP contribution in [0.15, 0.2) is 85.3 Å². The van der Waals surface area contributed by atoms with Crippen LogP contribution in [-0.4, -0.2) is 58.7 Å². The van der Waals surface area contributed by atoms with Gasteiger partial charge in [-0.2, -0.15) is 5.10 Å². The Morgan fingerprint density at radius 3 is 1.76 bits per heavy atom. The van der Waals surface area contributed by atoms with Crippen LogP contribution in [0.5, 0.6) is 17.2 Å². The molecule has 0 bridgehead atoms. The Morgan fingerprint density at radius 1 is 0.738 bits per heavy atom. The van der Waals surface area contributed by atoms with Gasteiger partial charge in [-0.3, -0.25) is 0 Å². The fourth-order valence-electron chi connectivity index (χ4n) is 4.67. The van der Waals surface area contributed by atoms with Gasteiger partial charge in [0.25, 0.3) is 0 Å². The van der Waals surface area contributed by atoms with Gasteiger partial charge in [-0.1, -0.05) is 36.4 Å². The normalized spacial score (nSPS) is 11.8. The fourth-order valence-corrected chi connectivity index (χ4v) is 4.67. The minimum atomic E-state index is -0.430. The monoisotopic (exact) mass is 569 g/mol. The summed E-state index contributed by atoms with van der Waals surface area (Å²) in [5.74, 6) is 3.08. The highest BCUT2D eigenvalue weighted by Crippen LogP contribution is 2.25. The Balaban J connectivity index is 1.38. The van der Waals surface area contributed by atoms with Gasteiger partial charge in [0.05, 0.1) is 52.5 Å². The molecule has 0 saturated heterocycles. The summed E-state index contributed by atoms with van der Waals surface area (Å²) in [5.41, 5.74) is 4.63. The van der Waals surface area contributed by atoms with E-state index in [1.807, 2.05) is 72.8 Å². The summed E-state index contributed by atoms with van der Waals surface area (Å²) in [7, 11) is 4.95. The maximum Gasteiger partial charge on any atom is 0.197 e. The van der Waals surface area contributed by atoms with Gasteiger partial charge in [-0.15, -0.1) is 0 Å². The Kier molecular flexibility index (Phi) is 9.48. The van der Waals surface area contributed by atoms with Gasteiger partial charge in [0, 0.05) is 19.5 Å². The van der Waals surface area contributed by atoms with E-state index in [0.717, 1.165) is 39.6 Å². The summed E-state index contributed by atoms with van der Waals surface area (Å²) in [4.78, 5) is 11.5. The van der Waals surface area contributed by atoms with Crippen LogP contribution in [0, 0.1) is 0 Å². The molecule has 5 rings (SSSR count). The van der Waals surface area contributed by atoms with E-state index in [-0.39, 0.29) is 6.61 Å². The third-order valence-electron chi connectivity index (χ3n) is 7.01. The summed E-state index contributed by atoms with van der Waals surface area (Å²) in [5, 5.41) is 14.6. The van der Waals surface area contributed by atoms with E-state index in [0.29, 0.717) is 37.6 Å². The number of benzene rings is 3. The van der Waals surface area contributed by atoms with Crippen LogP contribution in [0.25, 0.3) is 5.65 Å². The number of aromatic nitrogens is 4. The van der Waals surface area contributed by atoms with E-state index in [9.17, 15) is 5.11 Å². The van der Waals surface area contributed by atoms with Crippen molar-refractivity contribution in [2.75, 3.05) is 32.8 Å². The molecule has 10 nitrogen and oxygen atoms in total. The molecule has 0 spiro atoms. The van der Waals surface area contributed by atoms with Gasteiger partial charge in [0.2, 0.25) is 0 Å². The Labute approximate surface area is 245 Å². The molecule has 0 aliphatic rings. The van der Waals surface area contributed by atoms with E-state index in [2.05, 4.69) is 15.0 Å². The highest BCUT2D eigenvalue weighted by Gasteiger charge is 2.20. The minimum Gasteiger partial charge on any atom is -0.497 e. The zero-order valence-corrected chi connectivity index (χ0v) is 24.0. The largest absolute Gasteiger partial charge is 0.497 e. The first-order valence-corrected chi connectivity index (χ1v) is 13.6. The van der Waals surface area contributed by atoms with Crippen LogP contribution < -0.4 is 19.1 Å². The number of hydrogen-bond donors (Lipinski definition) is 1. The van der Waals surface area contributed by atoms with Crippen LogP contribution in [0.4, 0.5) is 5.82 Å². The number of methoxy groups -OCH3 is 3. The predicted molar refractivity (Wildman–Crippen MR) is 159 cm³/mol. The van der Waals surface area contributed by atoms with Crippen molar-refractivity contribution in [2.45, 2.75) is 32.2 Å². The molecule has 0 radical (unpaired) electrons. The molecular weight excluding hydrogens is 534 g/mol. The second-order valence-electron chi connectivity index (χ2n) is 9.79. The molecule has 0 amide bonds. The average Bonchev–Trinajstić information content (AvgIpc) is 3.46. The Morgan fingerprint density at radius 2 is 1.26 bits per heavy atom.